The molecular weight excluding hydrogens is 303 g/mol. The van der Waals surface area contributed by atoms with Gasteiger partial charge in [-0.1, -0.05) is 18.5 Å². The predicted octanol–water partition coefficient (Wildman–Crippen LogP) is 3.69. The van der Waals surface area contributed by atoms with E-state index in [9.17, 15) is 19.3 Å². The highest BCUT2D eigenvalue weighted by molar-refractivity contribution is 6.31. The Morgan fingerprint density at radius 1 is 1.52 bits per heavy atom. The summed E-state index contributed by atoms with van der Waals surface area (Å²) < 4.78 is 13.2. The number of nitro benzene ring substituents is 1. The molecule has 0 saturated carbocycles. The predicted molar refractivity (Wildman–Crippen MR) is 77.2 cm³/mol. The molecule has 0 aliphatic rings. The van der Waals surface area contributed by atoms with E-state index in [-0.39, 0.29) is 28.7 Å². The van der Waals surface area contributed by atoms with Crippen LogP contribution in [-0.2, 0) is 4.79 Å². The monoisotopic (exact) mass is 318 g/mol. The summed E-state index contributed by atoms with van der Waals surface area (Å²) in [6.45, 7) is 2.31. The van der Waals surface area contributed by atoms with Gasteiger partial charge in [-0.2, -0.15) is 0 Å². The number of carboxylic acid groups (broad SMARTS) is 1. The summed E-state index contributed by atoms with van der Waals surface area (Å²) >= 11 is 5.61. The Balaban J connectivity index is 2.61. The lowest BCUT2D eigenvalue weighted by Gasteiger charge is -2.12. The molecule has 116 valence electrons. The topological polar surface area (TPSA) is 92.5 Å². The third-order valence-corrected chi connectivity index (χ3v) is 3.33. The molecule has 8 heteroatoms. The van der Waals surface area contributed by atoms with Crippen LogP contribution in [0.2, 0.25) is 5.02 Å². The van der Waals surface area contributed by atoms with Crippen LogP contribution in [0.3, 0.4) is 0 Å². The van der Waals surface area contributed by atoms with Crippen molar-refractivity contribution in [3.8, 4) is 0 Å². The van der Waals surface area contributed by atoms with E-state index in [0.29, 0.717) is 19.4 Å². The van der Waals surface area contributed by atoms with E-state index in [2.05, 4.69) is 5.32 Å². The van der Waals surface area contributed by atoms with Crippen molar-refractivity contribution in [1.82, 2.24) is 0 Å². The maximum atomic E-state index is 13.2. The Morgan fingerprint density at radius 3 is 2.76 bits per heavy atom. The average molecular weight is 319 g/mol. The second-order valence-corrected chi connectivity index (χ2v) is 5.20. The van der Waals surface area contributed by atoms with Gasteiger partial charge in [-0.25, -0.2) is 4.39 Å². The second kappa shape index (κ2) is 7.78. The van der Waals surface area contributed by atoms with Gasteiger partial charge >= 0.3 is 5.97 Å². The molecule has 0 heterocycles. The molecule has 1 rings (SSSR count). The first kappa shape index (κ1) is 17.2. The molecule has 1 atom stereocenters. The Bertz CT molecular complexity index is 539. The highest BCUT2D eigenvalue weighted by Gasteiger charge is 2.17. The lowest BCUT2D eigenvalue weighted by atomic mass is 10.0. The number of halogens is 2. The van der Waals surface area contributed by atoms with E-state index in [1.54, 1.807) is 0 Å². The van der Waals surface area contributed by atoms with Crippen LogP contribution < -0.4 is 5.32 Å². The number of anilines is 1. The number of rotatable bonds is 8. The van der Waals surface area contributed by atoms with Crippen LogP contribution in [-0.4, -0.2) is 22.5 Å². The molecule has 0 spiro atoms. The Hall–Kier alpha value is -1.89. The molecule has 0 radical (unpaired) electrons. The maximum absolute atomic E-state index is 13.2. The minimum absolute atomic E-state index is 0.0870. The molecule has 0 aromatic heterocycles. The molecule has 0 aliphatic heterocycles. The molecule has 1 unspecified atom stereocenters. The number of hydrogen-bond acceptors (Lipinski definition) is 4. The van der Waals surface area contributed by atoms with Crippen LogP contribution >= 0.6 is 11.6 Å². The molecule has 2 N–H and O–H groups in total. The number of carboxylic acids is 1. The first-order valence-electron chi connectivity index (χ1n) is 6.40. The molecule has 6 nitrogen and oxygen atoms in total. The molecule has 0 aliphatic carbocycles. The van der Waals surface area contributed by atoms with E-state index >= 15 is 0 Å². The van der Waals surface area contributed by atoms with Gasteiger partial charge in [0.25, 0.3) is 5.69 Å². The number of benzene rings is 1. The largest absolute Gasteiger partial charge is 0.481 e. The van der Waals surface area contributed by atoms with Crippen LogP contribution in [0, 0.1) is 21.8 Å². The van der Waals surface area contributed by atoms with Crippen LogP contribution in [0.1, 0.15) is 26.2 Å². The lowest BCUT2D eigenvalue weighted by molar-refractivity contribution is -0.384. The normalized spacial score (nSPS) is 12.0. The van der Waals surface area contributed by atoms with Crippen molar-refractivity contribution < 1.29 is 19.2 Å². The van der Waals surface area contributed by atoms with E-state index in [1.165, 1.54) is 6.07 Å². The van der Waals surface area contributed by atoms with Crippen LogP contribution in [0.25, 0.3) is 0 Å². The average Bonchev–Trinajstić information content (AvgIpc) is 2.39. The number of aliphatic carboxylic acids is 1. The highest BCUT2D eigenvalue weighted by atomic mass is 35.5. The summed E-state index contributed by atoms with van der Waals surface area (Å²) in [4.78, 5) is 20.6. The van der Waals surface area contributed by atoms with Crippen molar-refractivity contribution in [3.63, 3.8) is 0 Å². The van der Waals surface area contributed by atoms with E-state index in [0.717, 1.165) is 6.07 Å². The van der Waals surface area contributed by atoms with Crippen molar-refractivity contribution in [2.24, 2.45) is 5.92 Å². The molecule has 0 fully saturated rings. The smallest absolute Gasteiger partial charge is 0.303 e. The molecule has 0 saturated heterocycles. The van der Waals surface area contributed by atoms with Gasteiger partial charge in [-0.05, 0) is 24.8 Å². The van der Waals surface area contributed by atoms with Gasteiger partial charge in [0.2, 0.25) is 0 Å². The zero-order valence-electron chi connectivity index (χ0n) is 11.4. The third kappa shape index (κ3) is 5.55. The number of nitrogens with zero attached hydrogens (tertiary/aromatic N) is 1. The highest BCUT2D eigenvalue weighted by Crippen LogP contribution is 2.30. The number of nitrogens with one attached hydrogen (secondary N) is 1. The van der Waals surface area contributed by atoms with Crippen LogP contribution in [0.15, 0.2) is 12.1 Å². The second-order valence-electron chi connectivity index (χ2n) is 4.79. The summed E-state index contributed by atoms with van der Waals surface area (Å²) in [5.74, 6) is -1.54. The van der Waals surface area contributed by atoms with Gasteiger partial charge in [0, 0.05) is 13.0 Å². The van der Waals surface area contributed by atoms with Gasteiger partial charge in [-0.15, -0.1) is 0 Å². The zero-order chi connectivity index (χ0) is 16.0. The van der Waals surface area contributed by atoms with Crippen molar-refractivity contribution in [2.75, 3.05) is 11.9 Å². The molecule has 1 aromatic carbocycles. The fourth-order valence-corrected chi connectivity index (χ4v) is 1.96. The first-order valence-corrected chi connectivity index (χ1v) is 6.78. The molecule has 21 heavy (non-hydrogen) atoms. The standard InChI is InChI=1S/C13H16ClFN2O4/c1-8(2-3-13(18)19)4-5-16-11-6-9(14)10(15)7-12(11)17(20)21/h6-8,16H,2-5H2,1H3,(H,18,19). The SMILES string of the molecule is CC(CCNc1cc(Cl)c(F)cc1[N+](=O)[O-])CCC(=O)O. The maximum Gasteiger partial charge on any atom is 0.303 e. The molecular formula is C13H16ClFN2O4. The Kier molecular flexibility index (Phi) is 6.36. The van der Waals surface area contributed by atoms with Crippen LogP contribution in [0.4, 0.5) is 15.8 Å². The Labute approximate surface area is 126 Å². The van der Waals surface area contributed by atoms with Gasteiger partial charge in [0.1, 0.15) is 11.5 Å². The number of carbonyl (C=O) groups is 1. The van der Waals surface area contributed by atoms with Crippen molar-refractivity contribution >= 4 is 28.9 Å². The van der Waals surface area contributed by atoms with Gasteiger partial charge in [0.15, 0.2) is 0 Å². The molecule has 1 aromatic rings. The summed E-state index contributed by atoms with van der Waals surface area (Å²) in [5.41, 5.74) is -0.230. The first-order chi connectivity index (χ1) is 9.81. The van der Waals surface area contributed by atoms with Crippen LogP contribution in [0.5, 0.6) is 0 Å². The number of nitro groups is 1. The van der Waals surface area contributed by atoms with Gasteiger partial charge in [0.05, 0.1) is 16.0 Å². The van der Waals surface area contributed by atoms with Gasteiger partial charge < -0.3 is 10.4 Å². The third-order valence-electron chi connectivity index (χ3n) is 3.04. The van der Waals surface area contributed by atoms with Crippen molar-refractivity contribution in [2.45, 2.75) is 26.2 Å². The van der Waals surface area contributed by atoms with E-state index in [1.807, 2.05) is 6.92 Å². The minimum Gasteiger partial charge on any atom is -0.481 e. The molecule has 0 amide bonds. The van der Waals surface area contributed by atoms with Crippen molar-refractivity contribution in [1.29, 1.82) is 0 Å². The summed E-state index contributed by atoms with van der Waals surface area (Å²) in [6, 6.07) is 1.95. The fourth-order valence-electron chi connectivity index (χ4n) is 1.80. The van der Waals surface area contributed by atoms with Crippen molar-refractivity contribution in [3.05, 3.63) is 33.1 Å². The van der Waals surface area contributed by atoms with E-state index in [4.69, 9.17) is 16.7 Å². The summed E-state index contributed by atoms with van der Waals surface area (Å²) in [6.07, 6.45) is 1.26. The summed E-state index contributed by atoms with van der Waals surface area (Å²) in [5, 5.41) is 22.1. The zero-order valence-corrected chi connectivity index (χ0v) is 12.2. The lowest BCUT2D eigenvalue weighted by Crippen LogP contribution is -2.10. The summed E-state index contributed by atoms with van der Waals surface area (Å²) in [7, 11) is 0. The van der Waals surface area contributed by atoms with E-state index < -0.39 is 16.7 Å². The molecule has 0 bridgehead atoms. The quantitative estimate of drug-likeness (QED) is 0.563. The number of hydrogen-bond donors (Lipinski definition) is 2. The Morgan fingerprint density at radius 2 is 2.19 bits per heavy atom. The van der Waals surface area contributed by atoms with Gasteiger partial charge in [-0.3, -0.25) is 14.9 Å². The fraction of sp³-hybridized carbons (Fsp3) is 0.462. The minimum atomic E-state index is -0.851.